The van der Waals surface area contributed by atoms with Crippen LogP contribution in [-0.2, 0) is 9.53 Å². The Balaban J connectivity index is 1.66. The lowest BCUT2D eigenvalue weighted by atomic mass is 10.0. The lowest BCUT2D eigenvalue weighted by Crippen LogP contribution is -2.52. The smallest absolute Gasteiger partial charge is 0.280 e. The highest BCUT2D eigenvalue weighted by Crippen LogP contribution is 2.38. The molecule has 24 heavy (non-hydrogen) atoms. The molecule has 1 aromatic rings. The van der Waals surface area contributed by atoms with Gasteiger partial charge in [-0.3, -0.25) is 4.79 Å². The number of nitrogens with one attached hydrogen (secondary N) is 2. The summed E-state index contributed by atoms with van der Waals surface area (Å²) >= 11 is 0. The lowest BCUT2D eigenvalue weighted by molar-refractivity contribution is -0.120. The molecule has 0 unspecified atom stereocenters. The second kappa shape index (κ2) is 7.25. The van der Waals surface area contributed by atoms with Crippen LogP contribution in [-0.4, -0.2) is 41.2 Å². The Kier molecular flexibility index (Phi) is 5.08. The molecule has 6 nitrogen and oxygen atoms in total. The van der Waals surface area contributed by atoms with Crippen molar-refractivity contribution in [3.63, 3.8) is 0 Å². The first-order chi connectivity index (χ1) is 11.5. The van der Waals surface area contributed by atoms with Crippen LogP contribution in [0.3, 0.4) is 0 Å². The number of rotatable bonds is 5. The van der Waals surface area contributed by atoms with Crippen LogP contribution in [0.4, 0.5) is 10.2 Å². The van der Waals surface area contributed by atoms with Crippen LogP contribution < -0.4 is 10.6 Å². The summed E-state index contributed by atoms with van der Waals surface area (Å²) in [5.74, 6) is 0.301. The van der Waals surface area contributed by atoms with Crippen LogP contribution in [0.2, 0.25) is 0 Å². The number of anilines is 1. The van der Waals surface area contributed by atoms with Crippen molar-refractivity contribution in [2.45, 2.75) is 45.2 Å². The highest BCUT2D eigenvalue weighted by molar-refractivity contribution is 5.92. The Morgan fingerprint density at radius 1 is 1.33 bits per heavy atom. The van der Waals surface area contributed by atoms with Gasteiger partial charge in [-0.25, -0.2) is 14.4 Å². The van der Waals surface area contributed by atoms with Crippen LogP contribution in [0.1, 0.15) is 32.0 Å². The molecule has 2 N–H and O–H groups in total. The molecule has 7 heteroatoms. The third-order valence-corrected chi connectivity index (χ3v) is 4.52. The monoisotopic (exact) mass is 334 g/mol. The minimum absolute atomic E-state index is 0.161. The van der Waals surface area contributed by atoms with Crippen molar-refractivity contribution < 1.29 is 13.9 Å². The molecule has 2 fully saturated rings. The van der Waals surface area contributed by atoms with Gasteiger partial charge in [0.1, 0.15) is 11.6 Å². The minimum Gasteiger partial charge on any atom is -0.379 e. The molecule has 1 aliphatic heterocycles. The minimum atomic E-state index is -0.638. The molecule has 1 saturated heterocycles. The van der Waals surface area contributed by atoms with Gasteiger partial charge in [0.05, 0.1) is 18.7 Å². The first-order valence-corrected chi connectivity index (χ1v) is 8.35. The standard InChI is InChI=1S/C17H23FN4O2/c1-10(12-3-4-12)16(18)17(23)22-13-6-8-24-9-14(13)21-15-5-7-19-11(2)20-15/h5,7,12-14H,3-4,6,8-9H2,1-2H3,(H,22,23)(H,19,20,21)/b16-10-/t13-,14+/m0/s1. The van der Waals surface area contributed by atoms with Gasteiger partial charge < -0.3 is 15.4 Å². The highest BCUT2D eigenvalue weighted by atomic mass is 19.1. The molecule has 1 saturated carbocycles. The molecule has 0 bridgehead atoms. The normalized spacial score (nSPS) is 25.0. The maximum Gasteiger partial charge on any atom is 0.280 e. The number of nitrogens with zero attached hydrogens (tertiary/aromatic N) is 2. The van der Waals surface area contributed by atoms with Gasteiger partial charge in [-0.2, -0.15) is 0 Å². The van der Waals surface area contributed by atoms with E-state index in [-0.39, 0.29) is 18.0 Å². The van der Waals surface area contributed by atoms with E-state index < -0.39 is 11.7 Å². The predicted octanol–water partition coefficient (Wildman–Crippen LogP) is 2.12. The van der Waals surface area contributed by atoms with E-state index in [0.29, 0.717) is 36.8 Å². The van der Waals surface area contributed by atoms with Gasteiger partial charge in [0.15, 0.2) is 5.83 Å². The van der Waals surface area contributed by atoms with Crippen LogP contribution in [0.25, 0.3) is 0 Å². The third-order valence-electron chi connectivity index (χ3n) is 4.52. The summed E-state index contributed by atoms with van der Waals surface area (Å²) in [6.07, 6.45) is 4.24. The summed E-state index contributed by atoms with van der Waals surface area (Å²) in [5, 5.41) is 6.06. The molecule has 3 rings (SSSR count). The molecule has 130 valence electrons. The summed E-state index contributed by atoms with van der Waals surface area (Å²) in [6.45, 7) is 4.48. The second-order valence-corrected chi connectivity index (χ2v) is 6.45. The Labute approximate surface area is 140 Å². The number of amides is 1. The number of hydrogen-bond donors (Lipinski definition) is 2. The van der Waals surface area contributed by atoms with E-state index in [4.69, 9.17) is 4.74 Å². The van der Waals surface area contributed by atoms with Crippen molar-refractivity contribution in [3.05, 3.63) is 29.5 Å². The van der Waals surface area contributed by atoms with Crippen molar-refractivity contribution in [2.75, 3.05) is 18.5 Å². The first kappa shape index (κ1) is 16.8. The largest absolute Gasteiger partial charge is 0.379 e. The number of allylic oxidation sites excluding steroid dienone is 1. The second-order valence-electron chi connectivity index (χ2n) is 6.45. The van der Waals surface area contributed by atoms with E-state index in [1.54, 1.807) is 19.2 Å². The Hall–Kier alpha value is -2.02. The van der Waals surface area contributed by atoms with Crippen molar-refractivity contribution in [1.29, 1.82) is 0 Å². The molecular formula is C17H23FN4O2. The summed E-state index contributed by atoms with van der Waals surface area (Å²) in [5.41, 5.74) is 0.565. The highest BCUT2D eigenvalue weighted by Gasteiger charge is 2.31. The summed E-state index contributed by atoms with van der Waals surface area (Å²) in [4.78, 5) is 20.6. The number of carbonyl (C=O) groups is 1. The van der Waals surface area contributed by atoms with Crippen LogP contribution in [0.15, 0.2) is 23.7 Å². The van der Waals surface area contributed by atoms with E-state index in [1.165, 1.54) is 0 Å². The lowest BCUT2D eigenvalue weighted by Gasteiger charge is -2.33. The molecule has 1 amide bonds. The first-order valence-electron chi connectivity index (χ1n) is 8.35. The summed E-state index contributed by atoms with van der Waals surface area (Å²) in [6, 6.07) is 1.39. The van der Waals surface area contributed by atoms with Crippen LogP contribution in [0.5, 0.6) is 0 Å². The maximum absolute atomic E-state index is 14.2. The van der Waals surface area contributed by atoms with Crippen molar-refractivity contribution in [3.8, 4) is 0 Å². The SMILES string of the molecule is C/C(=C(/F)C(=O)N[C@H]1CCOC[C@H]1Nc1ccnc(C)n1)C1CC1. The van der Waals surface area contributed by atoms with E-state index in [1.807, 2.05) is 6.92 Å². The Morgan fingerprint density at radius 2 is 2.12 bits per heavy atom. The molecule has 0 spiro atoms. The maximum atomic E-state index is 14.2. The zero-order valence-electron chi connectivity index (χ0n) is 14.0. The van der Waals surface area contributed by atoms with Gasteiger partial charge in [-0.15, -0.1) is 0 Å². The van der Waals surface area contributed by atoms with Gasteiger partial charge >= 0.3 is 0 Å². The van der Waals surface area contributed by atoms with Gasteiger partial charge in [0.25, 0.3) is 5.91 Å². The molecule has 2 atom stereocenters. The Bertz CT molecular complexity index is 645. The topological polar surface area (TPSA) is 76.1 Å². The zero-order chi connectivity index (χ0) is 17.1. The molecule has 0 aromatic carbocycles. The predicted molar refractivity (Wildman–Crippen MR) is 88.1 cm³/mol. The average molecular weight is 334 g/mol. The number of hydrogen-bond acceptors (Lipinski definition) is 5. The number of aromatic nitrogens is 2. The molecular weight excluding hydrogens is 311 g/mol. The van der Waals surface area contributed by atoms with E-state index >= 15 is 0 Å². The van der Waals surface area contributed by atoms with E-state index in [9.17, 15) is 9.18 Å². The van der Waals surface area contributed by atoms with E-state index in [0.717, 1.165) is 12.8 Å². The Morgan fingerprint density at radius 3 is 2.83 bits per heavy atom. The quantitative estimate of drug-likeness (QED) is 0.807. The van der Waals surface area contributed by atoms with Crippen molar-refractivity contribution >= 4 is 11.7 Å². The molecule has 2 aliphatic rings. The fraction of sp³-hybridized carbons (Fsp3) is 0.588. The zero-order valence-corrected chi connectivity index (χ0v) is 14.0. The molecule has 1 aliphatic carbocycles. The average Bonchev–Trinajstić information content (AvgIpc) is 3.40. The van der Waals surface area contributed by atoms with Crippen LogP contribution in [0, 0.1) is 12.8 Å². The van der Waals surface area contributed by atoms with Gasteiger partial charge in [0, 0.05) is 12.8 Å². The van der Waals surface area contributed by atoms with E-state index in [2.05, 4.69) is 20.6 Å². The van der Waals surface area contributed by atoms with Gasteiger partial charge in [0.2, 0.25) is 0 Å². The third kappa shape index (κ3) is 4.08. The van der Waals surface area contributed by atoms with Crippen molar-refractivity contribution in [2.24, 2.45) is 5.92 Å². The molecule has 1 aromatic heterocycles. The summed E-state index contributed by atoms with van der Waals surface area (Å²) in [7, 11) is 0. The number of halogens is 1. The van der Waals surface area contributed by atoms with Crippen LogP contribution >= 0.6 is 0 Å². The number of carbonyl (C=O) groups excluding carboxylic acids is 1. The fourth-order valence-corrected chi connectivity index (χ4v) is 2.89. The van der Waals surface area contributed by atoms with Crippen molar-refractivity contribution in [1.82, 2.24) is 15.3 Å². The van der Waals surface area contributed by atoms with Gasteiger partial charge in [-0.05, 0) is 50.7 Å². The summed E-state index contributed by atoms with van der Waals surface area (Å²) < 4.78 is 19.7. The fourth-order valence-electron chi connectivity index (χ4n) is 2.89. The number of aryl methyl sites for hydroxylation is 1. The van der Waals surface area contributed by atoms with Gasteiger partial charge in [-0.1, -0.05) is 0 Å². The molecule has 2 heterocycles. The number of ether oxygens (including phenoxy) is 1. The molecule has 0 radical (unpaired) electrons.